The molecule has 0 aromatic rings. The average molecular weight is 1170 g/mol. The van der Waals surface area contributed by atoms with E-state index in [1.165, 1.54) is 315 Å². The van der Waals surface area contributed by atoms with E-state index >= 15 is 0 Å². The lowest BCUT2D eigenvalue weighted by Gasteiger charge is -2.18. The number of hydrogen-bond donors (Lipinski definition) is 0. The highest BCUT2D eigenvalue weighted by molar-refractivity contribution is 5.71. The predicted molar refractivity (Wildman–Crippen MR) is 362 cm³/mol. The second kappa shape index (κ2) is 72.1. The van der Waals surface area contributed by atoms with Gasteiger partial charge < -0.3 is 14.2 Å². The Morgan fingerprint density at radius 2 is 0.434 bits per heavy atom. The lowest BCUT2D eigenvalue weighted by Crippen LogP contribution is -2.30. The van der Waals surface area contributed by atoms with Crippen molar-refractivity contribution in [3.63, 3.8) is 0 Å². The summed E-state index contributed by atoms with van der Waals surface area (Å²) >= 11 is 0. The zero-order valence-corrected chi connectivity index (χ0v) is 56.2. The maximum atomic E-state index is 12.9. The third kappa shape index (κ3) is 70.3. The van der Waals surface area contributed by atoms with Crippen molar-refractivity contribution < 1.29 is 28.6 Å². The van der Waals surface area contributed by atoms with Gasteiger partial charge in [0.05, 0.1) is 0 Å². The van der Waals surface area contributed by atoms with Gasteiger partial charge in [0.25, 0.3) is 0 Å². The highest BCUT2D eigenvalue weighted by Gasteiger charge is 2.20. The van der Waals surface area contributed by atoms with Gasteiger partial charge in [-0.2, -0.15) is 0 Å². The average Bonchev–Trinajstić information content (AvgIpc) is 3.49. The molecule has 0 heterocycles. The van der Waals surface area contributed by atoms with Crippen LogP contribution in [0.15, 0.2) is 36.5 Å². The molecule has 0 N–H and O–H groups in total. The van der Waals surface area contributed by atoms with Crippen molar-refractivity contribution in [2.75, 3.05) is 13.2 Å². The molecular weight excluding hydrogens is 1020 g/mol. The molecule has 0 rings (SSSR count). The van der Waals surface area contributed by atoms with E-state index in [0.29, 0.717) is 19.3 Å². The Kier molecular flexibility index (Phi) is 70.0. The fourth-order valence-corrected chi connectivity index (χ4v) is 11.5. The SMILES string of the molecule is CCCCCCC/C=C\C/C=C\CCCCCCCCCCCCCCCCCC(=O)OC(COC(=O)CCCCCCCCCCC)COC(=O)CCCCCCCCCCCCCCCCCCC/C=C\CCCCCCCCCC. The van der Waals surface area contributed by atoms with Gasteiger partial charge in [-0.1, -0.05) is 359 Å². The van der Waals surface area contributed by atoms with E-state index < -0.39 is 6.10 Å². The van der Waals surface area contributed by atoms with Crippen LogP contribution in [0, 0.1) is 0 Å². The number of allylic oxidation sites excluding steroid dienone is 6. The summed E-state index contributed by atoms with van der Waals surface area (Å²) in [5.74, 6) is -0.839. The minimum Gasteiger partial charge on any atom is -0.462 e. The number of ether oxygens (including phenoxy) is 3. The van der Waals surface area contributed by atoms with Crippen LogP contribution in [0.1, 0.15) is 419 Å². The third-order valence-corrected chi connectivity index (χ3v) is 17.1. The summed E-state index contributed by atoms with van der Waals surface area (Å²) in [4.78, 5) is 38.3. The van der Waals surface area contributed by atoms with Crippen LogP contribution in [0.2, 0.25) is 0 Å². The first-order valence-electron chi connectivity index (χ1n) is 37.5. The van der Waals surface area contributed by atoms with Crippen molar-refractivity contribution in [2.45, 2.75) is 425 Å². The minimum atomic E-state index is -0.768. The highest BCUT2D eigenvalue weighted by Crippen LogP contribution is 2.19. The van der Waals surface area contributed by atoms with Gasteiger partial charge in [-0.25, -0.2) is 0 Å². The summed E-state index contributed by atoms with van der Waals surface area (Å²) in [6.45, 7) is 6.68. The highest BCUT2D eigenvalue weighted by atomic mass is 16.6. The monoisotopic (exact) mass is 1170 g/mol. The Balaban J connectivity index is 4.07. The number of carbonyl (C=O) groups is 3. The molecule has 1 unspecified atom stereocenters. The van der Waals surface area contributed by atoms with E-state index in [1.807, 2.05) is 0 Å². The van der Waals surface area contributed by atoms with Crippen LogP contribution in [0.4, 0.5) is 0 Å². The second-order valence-electron chi connectivity index (χ2n) is 25.6. The van der Waals surface area contributed by atoms with Gasteiger partial charge in [0, 0.05) is 19.3 Å². The van der Waals surface area contributed by atoms with Crippen molar-refractivity contribution in [3.05, 3.63) is 36.5 Å². The van der Waals surface area contributed by atoms with E-state index in [-0.39, 0.29) is 31.1 Å². The first-order chi connectivity index (χ1) is 41.0. The van der Waals surface area contributed by atoms with Crippen molar-refractivity contribution >= 4 is 17.9 Å². The topological polar surface area (TPSA) is 78.9 Å². The van der Waals surface area contributed by atoms with Crippen molar-refractivity contribution in [2.24, 2.45) is 0 Å². The molecule has 0 aliphatic heterocycles. The summed E-state index contributed by atoms with van der Waals surface area (Å²) < 4.78 is 17.0. The zero-order chi connectivity index (χ0) is 59.9. The second-order valence-corrected chi connectivity index (χ2v) is 25.6. The molecule has 0 radical (unpaired) electrons. The molecular formula is C77H144O6. The van der Waals surface area contributed by atoms with Gasteiger partial charge in [0.2, 0.25) is 0 Å². The van der Waals surface area contributed by atoms with E-state index in [2.05, 4.69) is 57.2 Å². The van der Waals surface area contributed by atoms with Gasteiger partial charge in [0.1, 0.15) is 13.2 Å². The molecule has 0 spiro atoms. The molecule has 0 saturated carbocycles. The number of hydrogen-bond acceptors (Lipinski definition) is 6. The molecule has 0 aliphatic carbocycles. The van der Waals surface area contributed by atoms with Crippen molar-refractivity contribution in [1.29, 1.82) is 0 Å². The summed E-state index contributed by atoms with van der Waals surface area (Å²) in [5.41, 5.74) is 0. The van der Waals surface area contributed by atoms with E-state index in [9.17, 15) is 14.4 Å². The van der Waals surface area contributed by atoms with Crippen LogP contribution in [0.5, 0.6) is 0 Å². The molecule has 0 aromatic heterocycles. The molecule has 0 bridgehead atoms. The van der Waals surface area contributed by atoms with Crippen LogP contribution in [-0.4, -0.2) is 37.2 Å². The number of rotatable bonds is 70. The standard InChI is InChI=1S/C77H144O6/c1-4-7-10-13-16-19-21-23-25-27-29-31-33-35-37-38-40-41-43-45-47-49-51-53-55-58-61-64-67-70-76(79)82-73-74(72-81-75(78)69-66-63-60-57-18-15-12-9-6-3)83-77(80)71-68-65-62-59-56-54-52-50-48-46-44-42-39-36-34-32-30-28-26-24-22-20-17-14-11-8-5-2/h22,24,27-30,74H,4-21,23,25-26,31-73H2,1-3H3/b24-22-,29-27-,30-28-. The van der Waals surface area contributed by atoms with Crippen LogP contribution in [0.3, 0.4) is 0 Å². The van der Waals surface area contributed by atoms with Crippen molar-refractivity contribution in [3.8, 4) is 0 Å². The Hall–Kier alpha value is -2.37. The molecule has 0 fully saturated rings. The van der Waals surface area contributed by atoms with Gasteiger partial charge >= 0.3 is 17.9 Å². The van der Waals surface area contributed by atoms with Crippen LogP contribution in [0.25, 0.3) is 0 Å². The molecule has 6 heteroatoms. The summed E-state index contributed by atoms with van der Waals surface area (Å²) in [7, 11) is 0. The van der Waals surface area contributed by atoms with Gasteiger partial charge in [-0.15, -0.1) is 0 Å². The molecule has 6 nitrogen and oxygen atoms in total. The number of esters is 3. The first kappa shape index (κ1) is 80.6. The summed E-state index contributed by atoms with van der Waals surface area (Å²) in [5, 5.41) is 0. The maximum absolute atomic E-state index is 12.9. The normalized spacial score (nSPS) is 12.2. The summed E-state index contributed by atoms with van der Waals surface area (Å²) in [6, 6.07) is 0. The quantitative estimate of drug-likeness (QED) is 0.0261. The molecule has 0 aliphatic rings. The van der Waals surface area contributed by atoms with Crippen LogP contribution >= 0.6 is 0 Å². The van der Waals surface area contributed by atoms with Crippen LogP contribution < -0.4 is 0 Å². The fourth-order valence-electron chi connectivity index (χ4n) is 11.5. The molecule has 0 aromatic carbocycles. The lowest BCUT2D eigenvalue weighted by atomic mass is 10.0. The Bertz CT molecular complexity index is 1380. The third-order valence-electron chi connectivity index (χ3n) is 17.1. The minimum absolute atomic E-state index is 0.0659. The van der Waals surface area contributed by atoms with Gasteiger partial charge in [-0.05, 0) is 77.0 Å². The van der Waals surface area contributed by atoms with Crippen LogP contribution in [-0.2, 0) is 28.6 Å². The first-order valence-corrected chi connectivity index (χ1v) is 37.5. The molecule has 1 atom stereocenters. The maximum Gasteiger partial charge on any atom is 0.306 e. The van der Waals surface area contributed by atoms with Crippen molar-refractivity contribution in [1.82, 2.24) is 0 Å². The predicted octanol–water partition coefficient (Wildman–Crippen LogP) is 25.9. The smallest absolute Gasteiger partial charge is 0.306 e. The number of unbranched alkanes of at least 4 members (excludes halogenated alkanes) is 53. The Labute approximate surface area is 518 Å². The van der Waals surface area contributed by atoms with E-state index in [1.54, 1.807) is 0 Å². The van der Waals surface area contributed by atoms with E-state index in [0.717, 1.165) is 64.2 Å². The zero-order valence-electron chi connectivity index (χ0n) is 56.2. The molecule has 488 valence electrons. The molecule has 0 saturated heterocycles. The van der Waals surface area contributed by atoms with Gasteiger partial charge in [0.15, 0.2) is 6.10 Å². The van der Waals surface area contributed by atoms with Gasteiger partial charge in [-0.3, -0.25) is 14.4 Å². The number of carbonyl (C=O) groups excluding carboxylic acids is 3. The fraction of sp³-hybridized carbons (Fsp3) is 0.883. The Morgan fingerprint density at radius 3 is 0.675 bits per heavy atom. The van der Waals surface area contributed by atoms with E-state index in [4.69, 9.17) is 14.2 Å². The lowest BCUT2D eigenvalue weighted by molar-refractivity contribution is -0.167. The molecule has 0 amide bonds. The largest absolute Gasteiger partial charge is 0.462 e. The molecule has 83 heavy (non-hydrogen) atoms. The summed E-state index contributed by atoms with van der Waals surface area (Å²) in [6.07, 6.45) is 90.7. The Morgan fingerprint density at radius 1 is 0.241 bits per heavy atom.